The monoisotopic (exact) mass is 416 g/mol. The first-order chi connectivity index (χ1) is 15.2. The Kier molecular flexibility index (Phi) is 8.23. The Morgan fingerprint density at radius 2 is 1.26 bits per heavy atom. The Morgan fingerprint density at radius 1 is 0.742 bits per heavy atom. The van der Waals surface area contributed by atoms with Gasteiger partial charge in [0, 0.05) is 11.1 Å². The lowest BCUT2D eigenvalue weighted by Crippen LogP contribution is -2.41. The van der Waals surface area contributed by atoms with Gasteiger partial charge in [-0.2, -0.15) is 0 Å². The molecule has 0 aliphatic heterocycles. The molecule has 0 saturated heterocycles. The maximum Gasteiger partial charge on any atom is 0.253 e. The molecular weight excluding hydrogens is 388 g/mol. The van der Waals surface area contributed by atoms with Crippen molar-refractivity contribution in [3.8, 4) is 5.75 Å². The van der Waals surface area contributed by atoms with Crippen molar-refractivity contribution in [3.05, 3.63) is 102 Å². The highest BCUT2D eigenvalue weighted by molar-refractivity contribution is 5.96. The molecule has 0 unspecified atom stereocenters. The third-order valence-electron chi connectivity index (χ3n) is 4.85. The number of hydrogen-bond donors (Lipinski definition) is 2. The molecule has 0 saturated carbocycles. The maximum absolute atomic E-state index is 12.7. The van der Waals surface area contributed by atoms with Crippen LogP contribution in [0.25, 0.3) is 0 Å². The SMILES string of the molecule is CCCCCOc1ccc(C(NC(=O)c2ccccc2)NC(=O)c2ccccc2)cc1. The molecule has 5 heteroatoms. The number of benzene rings is 3. The second kappa shape index (κ2) is 11.6. The fourth-order valence-electron chi connectivity index (χ4n) is 3.11. The number of unbranched alkanes of at least 4 members (excludes halogenated alkanes) is 2. The van der Waals surface area contributed by atoms with Gasteiger partial charge in [0.15, 0.2) is 0 Å². The quantitative estimate of drug-likeness (QED) is 0.356. The topological polar surface area (TPSA) is 67.4 Å². The summed E-state index contributed by atoms with van der Waals surface area (Å²) in [6, 6.07) is 25.3. The van der Waals surface area contributed by atoms with Crippen molar-refractivity contribution in [1.29, 1.82) is 0 Å². The Morgan fingerprint density at radius 3 is 1.74 bits per heavy atom. The lowest BCUT2D eigenvalue weighted by Gasteiger charge is -2.21. The summed E-state index contributed by atoms with van der Waals surface area (Å²) in [6.45, 7) is 2.83. The van der Waals surface area contributed by atoms with Crippen LogP contribution in [0.1, 0.15) is 58.6 Å². The summed E-state index contributed by atoms with van der Waals surface area (Å²) in [4.78, 5) is 25.5. The Balaban J connectivity index is 1.74. The van der Waals surface area contributed by atoms with E-state index < -0.39 is 6.17 Å². The van der Waals surface area contributed by atoms with Crippen LogP contribution < -0.4 is 15.4 Å². The average molecular weight is 417 g/mol. The van der Waals surface area contributed by atoms with Gasteiger partial charge in [-0.25, -0.2) is 0 Å². The van der Waals surface area contributed by atoms with E-state index in [4.69, 9.17) is 4.74 Å². The normalized spacial score (nSPS) is 10.5. The predicted octanol–water partition coefficient (Wildman–Crippen LogP) is 5.11. The van der Waals surface area contributed by atoms with Crippen molar-refractivity contribution in [3.63, 3.8) is 0 Å². The zero-order chi connectivity index (χ0) is 21.9. The van der Waals surface area contributed by atoms with E-state index in [0.29, 0.717) is 17.7 Å². The first-order valence-corrected chi connectivity index (χ1v) is 10.6. The highest BCUT2D eigenvalue weighted by Gasteiger charge is 2.19. The van der Waals surface area contributed by atoms with Gasteiger partial charge in [0.05, 0.1) is 6.61 Å². The number of nitrogens with one attached hydrogen (secondary N) is 2. The second-order valence-corrected chi connectivity index (χ2v) is 7.24. The maximum atomic E-state index is 12.7. The number of carbonyl (C=O) groups excluding carboxylic acids is 2. The molecule has 3 aromatic carbocycles. The first-order valence-electron chi connectivity index (χ1n) is 10.6. The van der Waals surface area contributed by atoms with E-state index in [-0.39, 0.29) is 11.8 Å². The largest absolute Gasteiger partial charge is 0.494 e. The molecule has 0 radical (unpaired) electrons. The number of rotatable bonds is 10. The molecular formula is C26H28N2O3. The van der Waals surface area contributed by atoms with Crippen LogP contribution in [-0.4, -0.2) is 18.4 Å². The molecule has 0 spiro atoms. The molecule has 2 amide bonds. The van der Waals surface area contributed by atoms with E-state index in [1.54, 1.807) is 48.5 Å². The Labute approximate surface area is 183 Å². The van der Waals surface area contributed by atoms with Crippen LogP contribution in [-0.2, 0) is 0 Å². The van der Waals surface area contributed by atoms with E-state index in [1.807, 2.05) is 36.4 Å². The Bertz CT molecular complexity index is 903. The van der Waals surface area contributed by atoms with Gasteiger partial charge in [0.2, 0.25) is 0 Å². The summed E-state index contributed by atoms with van der Waals surface area (Å²) >= 11 is 0. The van der Waals surface area contributed by atoms with Gasteiger partial charge < -0.3 is 15.4 Å². The lowest BCUT2D eigenvalue weighted by atomic mass is 10.1. The number of ether oxygens (including phenoxy) is 1. The van der Waals surface area contributed by atoms with Gasteiger partial charge in [-0.05, 0) is 48.4 Å². The van der Waals surface area contributed by atoms with Gasteiger partial charge in [-0.1, -0.05) is 68.3 Å². The summed E-state index contributed by atoms with van der Waals surface area (Å²) in [5.41, 5.74) is 1.81. The van der Waals surface area contributed by atoms with Gasteiger partial charge in [-0.15, -0.1) is 0 Å². The van der Waals surface area contributed by atoms with Crippen LogP contribution >= 0.6 is 0 Å². The first kappa shape index (κ1) is 22.1. The number of amides is 2. The highest BCUT2D eigenvalue weighted by atomic mass is 16.5. The molecule has 0 atom stereocenters. The molecule has 0 fully saturated rings. The molecule has 160 valence electrons. The fraction of sp³-hybridized carbons (Fsp3) is 0.231. The minimum atomic E-state index is -0.686. The predicted molar refractivity (Wildman–Crippen MR) is 122 cm³/mol. The molecule has 3 rings (SSSR count). The minimum absolute atomic E-state index is 0.265. The number of hydrogen-bond acceptors (Lipinski definition) is 3. The van der Waals surface area contributed by atoms with E-state index in [9.17, 15) is 9.59 Å². The van der Waals surface area contributed by atoms with Gasteiger partial charge in [-0.3, -0.25) is 9.59 Å². The smallest absolute Gasteiger partial charge is 0.253 e. The molecule has 2 N–H and O–H groups in total. The molecule has 0 heterocycles. The highest BCUT2D eigenvalue weighted by Crippen LogP contribution is 2.18. The van der Waals surface area contributed by atoms with Crippen LogP contribution in [0.5, 0.6) is 5.75 Å². The molecule has 0 bridgehead atoms. The second-order valence-electron chi connectivity index (χ2n) is 7.24. The van der Waals surface area contributed by atoms with Crippen molar-refractivity contribution < 1.29 is 14.3 Å². The van der Waals surface area contributed by atoms with Crippen molar-refractivity contribution in [1.82, 2.24) is 10.6 Å². The molecule has 0 aliphatic carbocycles. The third kappa shape index (κ3) is 6.71. The number of carbonyl (C=O) groups is 2. The van der Waals surface area contributed by atoms with Gasteiger partial charge >= 0.3 is 0 Å². The van der Waals surface area contributed by atoms with Crippen molar-refractivity contribution in [2.75, 3.05) is 6.61 Å². The summed E-state index contributed by atoms with van der Waals surface area (Å²) in [5, 5.41) is 5.84. The Hall–Kier alpha value is -3.60. The summed E-state index contributed by atoms with van der Waals surface area (Å²) in [6.07, 6.45) is 2.61. The van der Waals surface area contributed by atoms with Gasteiger partial charge in [0.25, 0.3) is 11.8 Å². The molecule has 3 aromatic rings. The zero-order valence-electron chi connectivity index (χ0n) is 17.7. The van der Waals surface area contributed by atoms with Crippen molar-refractivity contribution >= 4 is 11.8 Å². The van der Waals surface area contributed by atoms with E-state index in [0.717, 1.165) is 30.6 Å². The summed E-state index contributed by atoms with van der Waals surface area (Å²) < 4.78 is 5.77. The van der Waals surface area contributed by atoms with Crippen molar-refractivity contribution in [2.24, 2.45) is 0 Å². The van der Waals surface area contributed by atoms with Gasteiger partial charge in [0.1, 0.15) is 11.9 Å². The van der Waals surface area contributed by atoms with Crippen molar-refractivity contribution in [2.45, 2.75) is 32.4 Å². The summed E-state index contributed by atoms with van der Waals surface area (Å²) in [5.74, 6) is 0.236. The molecule has 0 aliphatic rings. The van der Waals surface area contributed by atoms with Crippen LogP contribution in [0, 0.1) is 0 Å². The van der Waals surface area contributed by atoms with Crippen LogP contribution in [0.4, 0.5) is 0 Å². The molecule has 31 heavy (non-hydrogen) atoms. The van der Waals surface area contributed by atoms with E-state index in [2.05, 4.69) is 17.6 Å². The summed E-state index contributed by atoms with van der Waals surface area (Å²) in [7, 11) is 0. The average Bonchev–Trinajstić information content (AvgIpc) is 2.83. The van der Waals surface area contributed by atoms with E-state index >= 15 is 0 Å². The fourth-order valence-corrected chi connectivity index (χ4v) is 3.11. The minimum Gasteiger partial charge on any atom is -0.494 e. The van der Waals surface area contributed by atoms with Crippen LogP contribution in [0.2, 0.25) is 0 Å². The molecule has 0 aromatic heterocycles. The zero-order valence-corrected chi connectivity index (χ0v) is 17.7. The standard InChI is InChI=1S/C26H28N2O3/c1-2-3-10-19-31-23-17-15-20(16-18-23)24(27-25(29)21-11-6-4-7-12-21)28-26(30)22-13-8-5-9-14-22/h4-9,11-18,24H,2-3,10,19H2,1H3,(H,27,29)(H,28,30). The third-order valence-corrected chi connectivity index (χ3v) is 4.85. The van der Waals surface area contributed by atoms with E-state index in [1.165, 1.54) is 0 Å². The molecule has 5 nitrogen and oxygen atoms in total. The van der Waals surface area contributed by atoms with Crippen LogP contribution in [0.3, 0.4) is 0 Å². The lowest BCUT2D eigenvalue weighted by molar-refractivity contribution is 0.0883. The van der Waals surface area contributed by atoms with Crippen LogP contribution in [0.15, 0.2) is 84.9 Å².